The molecule has 1 atom stereocenters. The molecule has 2 aromatic rings. The van der Waals surface area contributed by atoms with Gasteiger partial charge in [-0.15, -0.1) is 12.4 Å². The summed E-state index contributed by atoms with van der Waals surface area (Å²) in [6.45, 7) is 6.72. The minimum Gasteiger partial charge on any atom is -0.491 e. The summed E-state index contributed by atoms with van der Waals surface area (Å²) >= 11 is 0. The van der Waals surface area contributed by atoms with E-state index < -0.39 is 6.10 Å². The van der Waals surface area contributed by atoms with Crippen LogP contribution in [0.5, 0.6) is 5.75 Å². The Balaban J connectivity index is 0.00000242. The van der Waals surface area contributed by atoms with Gasteiger partial charge in [0.1, 0.15) is 24.0 Å². The van der Waals surface area contributed by atoms with E-state index in [1.54, 1.807) is 18.2 Å². The highest BCUT2D eigenvalue weighted by atomic mass is 35.5. The molecular weight excluding hydrogens is 306 g/mol. The highest BCUT2D eigenvalue weighted by molar-refractivity contribution is 5.85. The summed E-state index contributed by atoms with van der Waals surface area (Å²) in [5.74, 6) is 0.562. The van der Waals surface area contributed by atoms with Crippen LogP contribution >= 0.6 is 12.4 Å². The van der Waals surface area contributed by atoms with E-state index in [1.165, 1.54) is 12.3 Å². The molecule has 0 aliphatic carbocycles. The maximum absolute atomic E-state index is 11.6. The molecule has 0 fully saturated rings. The Morgan fingerprint density at radius 1 is 1.32 bits per heavy atom. The zero-order valence-corrected chi connectivity index (χ0v) is 13.8. The van der Waals surface area contributed by atoms with Gasteiger partial charge in [-0.25, -0.2) is 0 Å². The van der Waals surface area contributed by atoms with Gasteiger partial charge in [-0.3, -0.25) is 4.79 Å². The van der Waals surface area contributed by atoms with Crippen molar-refractivity contribution in [1.29, 1.82) is 0 Å². The molecule has 0 amide bonds. The van der Waals surface area contributed by atoms with Crippen molar-refractivity contribution in [3.05, 3.63) is 40.8 Å². The zero-order chi connectivity index (χ0) is 15.5. The van der Waals surface area contributed by atoms with Gasteiger partial charge in [0.05, 0.1) is 11.6 Å². The van der Waals surface area contributed by atoms with Gasteiger partial charge in [-0.1, -0.05) is 0 Å². The lowest BCUT2D eigenvalue weighted by molar-refractivity contribution is 0.100. The average molecular weight is 328 g/mol. The number of ether oxygens (including phenoxy) is 1. The number of β-amino-alcohol motifs (C(OH)–C–C–N with tert-alkyl or cyclic N) is 1. The van der Waals surface area contributed by atoms with Crippen LogP contribution in [0.2, 0.25) is 0 Å². The van der Waals surface area contributed by atoms with Crippen LogP contribution in [0, 0.1) is 0 Å². The highest BCUT2D eigenvalue weighted by Crippen LogP contribution is 2.18. The quantitative estimate of drug-likeness (QED) is 0.882. The minimum absolute atomic E-state index is 0. The van der Waals surface area contributed by atoms with E-state index in [1.807, 2.05) is 20.8 Å². The number of aliphatic hydroxyl groups excluding tert-OH is 1. The van der Waals surface area contributed by atoms with Gasteiger partial charge in [0.2, 0.25) is 0 Å². The van der Waals surface area contributed by atoms with Crippen molar-refractivity contribution >= 4 is 23.4 Å². The van der Waals surface area contributed by atoms with E-state index in [0.29, 0.717) is 23.3 Å². The predicted octanol–water partition coefficient (Wildman–Crippen LogP) is 2.34. The molecule has 5 nitrogen and oxygen atoms in total. The Hall–Kier alpha value is -1.56. The first kappa shape index (κ1) is 18.5. The van der Waals surface area contributed by atoms with Crippen molar-refractivity contribution in [3.63, 3.8) is 0 Å². The Bertz CT molecular complexity index is 663. The van der Waals surface area contributed by atoms with Gasteiger partial charge in [0, 0.05) is 24.2 Å². The summed E-state index contributed by atoms with van der Waals surface area (Å²) in [6.07, 6.45) is 0.749. The molecule has 2 rings (SSSR count). The van der Waals surface area contributed by atoms with Crippen LogP contribution in [0.1, 0.15) is 20.8 Å². The van der Waals surface area contributed by atoms with Gasteiger partial charge in [-0.05, 0) is 32.9 Å². The Morgan fingerprint density at radius 3 is 2.73 bits per heavy atom. The molecular formula is C16H22ClNO4. The molecule has 1 heterocycles. The van der Waals surface area contributed by atoms with Gasteiger partial charge in [-0.2, -0.15) is 0 Å². The molecule has 0 bridgehead atoms. The molecule has 0 saturated carbocycles. The fourth-order valence-electron chi connectivity index (χ4n) is 1.83. The maximum atomic E-state index is 11.6. The second-order valence-corrected chi connectivity index (χ2v) is 6.04. The fourth-order valence-corrected chi connectivity index (χ4v) is 1.83. The molecule has 0 saturated heterocycles. The molecule has 6 heteroatoms. The summed E-state index contributed by atoms with van der Waals surface area (Å²) in [6, 6.07) is 6.39. The molecule has 1 unspecified atom stereocenters. The molecule has 0 radical (unpaired) electrons. The lowest BCUT2D eigenvalue weighted by Crippen LogP contribution is -2.42. The van der Waals surface area contributed by atoms with Crippen molar-refractivity contribution in [1.82, 2.24) is 5.32 Å². The van der Waals surface area contributed by atoms with Gasteiger partial charge in [0.15, 0.2) is 5.43 Å². The van der Waals surface area contributed by atoms with Crippen LogP contribution in [0.15, 0.2) is 39.7 Å². The smallest absolute Gasteiger partial charge is 0.192 e. The fraction of sp³-hybridized carbons (Fsp3) is 0.438. The normalized spacial score (nSPS) is 12.7. The first-order chi connectivity index (χ1) is 9.85. The van der Waals surface area contributed by atoms with Gasteiger partial charge < -0.3 is 19.6 Å². The number of benzene rings is 1. The molecule has 0 aliphatic heterocycles. The molecule has 1 aromatic heterocycles. The summed E-state index contributed by atoms with van der Waals surface area (Å²) in [4.78, 5) is 11.6. The third-order valence-electron chi connectivity index (χ3n) is 2.94. The van der Waals surface area contributed by atoms with E-state index in [4.69, 9.17) is 9.15 Å². The SMILES string of the molecule is CC(C)(C)NCC(O)COc1ccc2c(=O)ccoc2c1.Cl. The van der Waals surface area contributed by atoms with Crippen molar-refractivity contribution in [3.8, 4) is 5.75 Å². The standard InChI is InChI=1S/C16H21NO4.ClH/c1-16(2,3)17-9-11(18)10-21-12-4-5-13-14(19)6-7-20-15(13)8-12;/h4-8,11,17-18H,9-10H2,1-3H3;1H. The number of hydrogen-bond acceptors (Lipinski definition) is 5. The largest absolute Gasteiger partial charge is 0.491 e. The summed E-state index contributed by atoms with van der Waals surface area (Å²) in [7, 11) is 0. The highest BCUT2D eigenvalue weighted by Gasteiger charge is 2.12. The molecule has 1 aromatic carbocycles. The average Bonchev–Trinajstić information content (AvgIpc) is 2.42. The summed E-state index contributed by atoms with van der Waals surface area (Å²) in [5, 5.41) is 13.6. The second-order valence-electron chi connectivity index (χ2n) is 6.04. The van der Waals surface area contributed by atoms with Crippen LogP contribution in [-0.4, -0.2) is 29.9 Å². The number of aliphatic hydroxyl groups is 1. The van der Waals surface area contributed by atoms with Gasteiger partial charge >= 0.3 is 0 Å². The topological polar surface area (TPSA) is 71.7 Å². The zero-order valence-electron chi connectivity index (χ0n) is 13.0. The van der Waals surface area contributed by atoms with E-state index in [0.717, 1.165) is 0 Å². The van der Waals surface area contributed by atoms with Crippen molar-refractivity contribution < 1.29 is 14.3 Å². The second kappa shape index (κ2) is 7.63. The predicted molar refractivity (Wildman–Crippen MR) is 89.0 cm³/mol. The number of nitrogens with one attached hydrogen (secondary N) is 1. The molecule has 0 aliphatic rings. The molecule has 122 valence electrons. The monoisotopic (exact) mass is 327 g/mol. The maximum Gasteiger partial charge on any atom is 0.192 e. The van der Waals surface area contributed by atoms with E-state index in [9.17, 15) is 9.90 Å². The number of rotatable bonds is 5. The van der Waals surface area contributed by atoms with Crippen molar-refractivity contribution in [2.24, 2.45) is 0 Å². The molecule has 22 heavy (non-hydrogen) atoms. The number of halogens is 1. The third-order valence-corrected chi connectivity index (χ3v) is 2.94. The lowest BCUT2D eigenvalue weighted by atomic mass is 10.1. The van der Waals surface area contributed by atoms with Crippen LogP contribution in [-0.2, 0) is 0 Å². The van der Waals surface area contributed by atoms with E-state index in [2.05, 4.69) is 5.32 Å². The van der Waals surface area contributed by atoms with Crippen LogP contribution in [0.4, 0.5) is 0 Å². The van der Waals surface area contributed by atoms with E-state index >= 15 is 0 Å². The number of hydrogen-bond donors (Lipinski definition) is 2. The summed E-state index contributed by atoms with van der Waals surface area (Å²) in [5.41, 5.74) is 0.340. The number of fused-ring (bicyclic) bond motifs is 1. The molecule has 0 spiro atoms. The third kappa shape index (κ3) is 5.33. The summed E-state index contributed by atoms with van der Waals surface area (Å²) < 4.78 is 10.8. The Morgan fingerprint density at radius 2 is 2.05 bits per heavy atom. The van der Waals surface area contributed by atoms with Gasteiger partial charge in [0.25, 0.3) is 0 Å². The first-order valence-electron chi connectivity index (χ1n) is 6.93. The minimum atomic E-state index is -0.609. The molecule has 2 N–H and O–H groups in total. The van der Waals surface area contributed by atoms with E-state index in [-0.39, 0.29) is 30.0 Å². The van der Waals surface area contributed by atoms with Crippen molar-refractivity contribution in [2.45, 2.75) is 32.4 Å². The van der Waals surface area contributed by atoms with Crippen molar-refractivity contribution in [2.75, 3.05) is 13.2 Å². The lowest BCUT2D eigenvalue weighted by Gasteiger charge is -2.22. The van der Waals surface area contributed by atoms with Crippen LogP contribution in [0.3, 0.4) is 0 Å². The first-order valence-corrected chi connectivity index (χ1v) is 6.93. The Kier molecular flexibility index (Phi) is 6.41. The Labute approximate surface area is 135 Å². The van der Waals surface area contributed by atoms with Crippen LogP contribution in [0.25, 0.3) is 11.0 Å². The van der Waals surface area contributed by atoms with Crippen LogP contribution < -0.4 is 15.5 Å².